The molecule has 0 saturated heterocycles. The van der Waals surface area contributed by atoms with E-state index in [1.807, 2.05) is 18.2 Å². The van der Waals surface area contributed by atoms with Gasteiger partial charge in [0.05, 0.1) is 13.4 Å². The van der Waals surface area contributed by atoms with Gasteiger partial charge < -0.3 is 4.74 Å². The fourth-order valence-corrected chi connectivity index (χ4v) is 1.81. The Balaban J connectivity index is 2.23. The highest BCUT2D eigenvalue weighted by molar-refractivity contribution is 5.53. The molecule has 0 fully saturated rings. The molecule has 0 atom stereocenters. The van der Waals surface area contributed by atoms with Crippen LogP contribution in [0.4, 0.5) is 0 Å². The first kappa shape index (κ1) is 11.5. The van der Waals surface area contributed by atoms with E-state index in [0.29, 0.717) is 0 Å². The topological polar surface area (TPSA) is 9.23 Å². The predicted octanol–water partition coefficient (Wildman–Crippen LogP) is 3.89. The molecule has 0 radical (unpaired) electrons. The smallest absolute Gasteiger partial charge is 0.0830 e. The van der Waals surface area contributed by atoms with E-state index in [1.165, 1.54) is 16.7 Å². The Morgan fingerprint density at radius 1 is 0.941 bits per heavy atom. The van der Waals surface area contributed by atoms with Crippen molar-refractivity contribution < 1.29 is 4.74 Å². The van der Waals surface area contributed by atoms with Crippen LogP contribution in [0.2, 0.25) is 0 Å². The fraction of sp³-hybridized carbons (Fsp3) is 0.125. The average Bonchev–Trinajstić information content (AvgIpc) is 2.39. The van der Waals surface area contributed by atoms with Gasteiger partial charge in [-0.25, -0.2) is 0 Å². The molecule has 2 aromatic carbocycles. The third-order valence-electron chi connectivity index (χ3n) is 2.68. The summed E-state index contributed by atoms with van der Waals surface area (Å²) in [6, 6.07) is 18.9. The molecule has 0 heterocycles. The minimum Gasteiger partial charge on any atom is -0.504 e. The summed E-state index contributed by atoms with van der Waals surface area (Å²) in [5.41, 5.74) is 3.84. The van der Waals surface area contributed by atoms with Crippen LogP contribution in [0, 0.1) is 0 Å². The highest BCUT2D eigenvalue weighted by atomic mass is 16.5. The van der Waals surface area contributed by atoms with Crippen molar-refractivity contribution in [2.45, 2.75) is 6.42 Å². The second kappa shape index (κ2) is 5.90. The van der Waals surface area contributed by atoms with Gasteiger partial charge >= 0.3 is 0 Å². The molecule has 0 saturated carbocycles. The number of hydrogen-bond donors (Lipinski definition) is 0. The fourth-order valence-electron chi connectivity index (χ4n) is 1.81. The summed E-state index contributed by atoms with van der Waals surface area (Å²) in [6.07, 6.45) is 4.66. The summed E-state index contributed by atoms with van der Waals surface area (Å²) < 4.78 is 4.97. The molecule has 2 rings (SSSR count). The number of benzene rings is 2. The largest absolute Gasteiger partial charge is 0.504 e. The molecule has 17 heavy (non-hydrogen) atoms. The average molecular weight is 224 g/mol. The summed E-state index contributed by atoms with van der Waals surface area (Å²) in [5.74, 6) is 0. The van der Waals surface area contributed by atoms with Crippen LogP contribution in [0.25, 0.3) is 6.08 Å². The Morgan fingerprint density at radius 3 is 2.41 bits per heavy atom. The van der Waals surface area contributed by atoms with Crippen LogP contribution in [0.3, 0.4) is 0 Å². The lowest BCUT2D eigenvalue weighted by Gasteiger charge is -2.06. The third kappa shape index (κ3) is 3.22. The SMILES string of the molecule is CO/C=C/c1ccccc1Cc1ccccc1. The lowest BCUT2D eigenvalue weighted by Crippen LogP contribution is -1.91. The van der Waals surface area contributed by atoms with E-state index in [-0.39, 0.29) is 0 Å². The van der Waals surface area contributed by atoms with Gasteiger partial charge in [-0.05, 0) is 29.2 Å². The van der Waals surface area contributed by atoms with Crippen molar-refractivity contribution in [2.24, 2.45) is 0 Å². The van der Waals surface area contributed by atoms with E-state index < -0.39 is 0 Å². The van der Waals surface area contributed by atoms with Gasteiger partial charge in [0.1, 0.15) is 0 Å². The van der Waals surface area contributed by atoms with Gasteiger partial charge in [0, 0.05) is 0 Å². The molecular formula is C16H16O. The van der Waals surface area contributed by atoms with Crippen molar-refractivity contribution in [1.82, 2.24) is 0 Å². The minimum absolute atomic E-state index is 0.949. The van der Waals surface area contributed by atoms with Gasteiger partial charge in [-0.15, -0.1) is 0 Å². The van der Waals surface area contributed by atoms with Gasteiger partial charge in [0.15, 0.2) is 0 Å². The van der Waals surface area contributed by atoms with Crippen LogP contribution in [0.1, 0.15) is 16.7 Å². The van der Waals surface area contributed by atoms with Gasteiger partial charge in [-0.1, -0.05) is 54.6 Å². The van der Waals surface area contributed by atoms with Crippen molar-refractivity contribution in [3.05, 3.63) is 77.5 Å². The maximum Gasteiger partial charge on any atom is 0.0830 e. The minimum atomic E-state index is 0.949. The summed E-state index contributed by atoms with van der Waals surface area (Å²) in [5, 5.41) is 0. The lowest BCUT2D eigenvalue weighted by atomic mass is 10.00. The number of ether oxygens (including phenoxy) is 1. The highest BCUT2D eigenvalue weighted by Gasteiger charge is 1.99. The van der Waals surface area contributed by atoms with Gasteiger partial charge in [0.2, 0.25) is 0 Å². The van der Waals surface area contributed by atoms with Crippen LogP contribution in [0.15, 0.2) is 60.9 Å². The summed E-state index contributed by atoms with van der Waals surface area (Å²) in [4.78, 5) is 0. The molecule has 1 heteroatoms. The zero-order chi connectivity index (χ0) is 11.9. The molecule has 0 bridgehead atoms. The van der Waals surface area contributed by atoms with Gasteiger partial charge in [-0.3, -0.25) is 0 Å². The highest BCUT2D eigenvalue weighted by Crippen LogP contribution is 2.15. The number of rotatable bonds is 4. The van der Waals surface area contributed by atoms with Crippen LogP contribution in [-0.2, 0) is 11.2 Å². The Hall–Kier alpha value is -2.02. The molecule has 1 nitrogen and oxygen atoms in total. The Morgan fingerprint density at radius 2 is 1.65 bits per heavy atom. The first-order chi connectivity index (χ1) is 8.40. The van der Waals surface area contributed by atoms with Gasteiger partial charge in [-0.2, -0.15) is 0 Å². The van der Waals surface area contributed by atoms with Crippen LogP contribution >= 0.6 is 0 Å². The molecule has 0 N–H and O–H groups in total. The molecular weight excluding hydrogens is 208 g/mol. The van der Waals surface area contributed by atoms with E-state index in [1.54, 1.807) is 13.4 Å². The molecule has 0 unspecified atom stereocenters. The first-order valence-electron chi connectivity index (χ1n) is 5.71. The normalized spacial score (nSPS) is 10.6. The summed E-state index contributed by atoms with van der Waals surface area (Å²) in [7, 11) is 1.66. The van der Waals surface area contributed by atoms with Crippen LogP contribution in [0.5, 0.6) is 0 Å². The van der Waals surface area contributed by atoms with Gasteiger partial charge in [0.25, 0.3) is 0 Å². The molecule has 86 valence electrons. The third-order valence-corrected chi connectivity index (χ3v) is 2.68. The summed E-state index contributed by atoms with van der Waals surface area (Å²) >= 11 is 0. The second-order valence-corrected chi connectivity index (χ2v) is 3.90. The molecule has 0 aliphatic carbocycles. The van der Waals surface area contributed by atoms with Crippen LogP contribution < -0.4 is 0 Å². The Labute approximate surface area is 102 Å². The maximum absolute atomic E-state index is 4.97. The molecule has 2 aromatic rings. The van der Waals surface area contributed by atoms with Crippen molar-refractivity contribution in [2.75, 3.05) is 7.11 Å². The standard InChI is InChI=1S/C16H16O/c1-17-12-11-15-9-5-6-10-16(15)13-14-7-3-2-4-8-14/h2-12H,13H2,1H3/b12-11+. The number of methoxy groups -OCH3 is 1. The molecule has 0 spiro atoms. The van der Waals surface area contributed by atoms with E-state index in [2.05, 4.69) is 42.5 Å². The zero-order valence-electron chi connectivity index (χ0n) is 9.97. The predicted molar refractivity (Wildman–Crippen MR) is 71.7 cm³/mol. The van der Waals surface area contributed by atoms with E-state index in [0.717, 1.165) is 6.42 Å². The summed E-state index contributed by atoms with van der Waals surface area (Å²) in [6.45, 7) is 0. The zero-order valence-corrected chi connectivity index (χ0v) is 9.97. The Bertz CT molecular complexity index is 486. The first-order valence-corrected chi connectivity index (χ1v) is 5.71. The van der Waals surface area contributed by atoms with E-state index in [9.17, 15) is 0 Å². The second-order valence-electron chi connectivity index (χ2n) is 3.90. The van der Waals surface area contributed by atoms with Crippen molar-refractivity contribution in [3.63, 3.8) is 0 Å². The monoisotopic (exact) mass is 224 g/mol. The Kier molecular flexibility index (Phi) is 3.98. The molecule has 0 aromatic heterocycles. The lowest BCUT2D eigenvalue weighted by molar-refractivity contribution is 0.341. The van der Waals surface area contributed by atoms with Crippen LogP contribution in [-0.4, -0.2) is 7.11 Å². The maximum atomic E-state index is 4.97. The van der Waals surface area contributed by atoms with Crippen molar-refractivity contribution in [1.29, 1.82) is 0 Å². The molecule has 0 amide bonds. The van der Waals surface area contributed by atoms with Crippen molar-refractivity contribution >= 4 is 6.08 Å². The van der Waals surface area contributed by atoms with E-state index >= 15 is 0 Å². The molecule has 0 aliphatic rings. The molecule has 0 aliphatic heterocycles. The number of hydrogen-bond acceptors (Lipinski definition) is 1. The van der Waals surface area contributed by atoms with Crippen molar-refractivity contribution in [3.8, 4) is 0 Å². The quantitative estimate of drug-likeness (QED) is 0.716. The van der Waals surface area contributed by atoms with E-state index in [4.69, 9.17) is 4.74 Å².